The molecule has 0 radical (unpaired) electrons. The Hall–Kier alpha value is -2.81. The van der Waals surface area contributed by atoms with Crippen molar-refractivity contribution >= 4 is 22.4 Å². The van der Waals surface area contributed by atoms with Crippen LogP contribution in [0.3, 0.4) is 0 Å². The standard InChI is InChI=1S/C23H25N3/c1-26(23(24)25-16-6-9-17-7-3-2-4-8-17)21-15-14-19-13-12-18-10-5-11-20(21)22(18)19/h2-5,7-8,10-11,14-15H,6,9,12-13,16H2,1H3,(H2,24,25). The van der Waals surface area contributed by atoms with Gasteiger partial charge in [0, 0.05) is 19.0 Å². The number of aryl methyl sites for hydroxylation is 3. The number of hydrogen-bond donors (Lipinski definition) is 1. The van der Waals surface area contributed by atoms with E-state index in [9.17, 15) is 0 Å². The van der Waals surface area contributed by atoms with Crippen LogP contribution < -0.4 is 10.6 Å². The van der Waals surface area contributed by atoms with Gasteiger partial charge in [-0.1, -0.05) is 54.6 Å². The zero-order valence-corrected chi connectivity index (χ0v) is 15.3. The van der Waals surface area contributed by atoms with Crippen LogP contribution >= 0.6 is 0 Å². The van der Waals surface area contributed by atoms with Gasteiger partial charge >= 0.3 is 0 Å². The van der Waals surface area contributed by atoms with Crippen LogP contribution in [-0.4, -0.2) is 19.6 Å². The summed E-state index contributed by atoms with van der Waals surface area (Å²) in [4.78, 5) is 6.62. The number of anilines is 1. The SMILES string of the molecule is CN(C(N)=NCCCc1ccccc1)c1ccc2c3c(cccc13)CC2. The zero-order valence-electron chi connectivity index (χ0n) is 15.3. The quantitative estimate of drug-likeness (QED) is 0.426. The summed E-state index contributed by atoms with van der Waals surface area (Å²) in [6.07, 6.45) is 4.32. The van der Waals surface area contributed by atoms with E-state index in [0.717, 1.165) is 37.9 Å². The highest BCUT2D eigenvalue weighted by molar-refractivity contribution is 6.06. The average molecular weight is 343 g/mol. The number of rotatable bonds is 5. The summed E-state index contributed by atoms with van der Waals surface area (Å²) in [5.74, 6) is 0.580. The molecule has 0 aliphatic heterocycles. The maximum absolute atomic E-state index is 6.29. The normalized spacial score (nSPS) is 13.3. The van der Waals surface area contributed by atoms with Crippen molar-refractivity contribution in [3.63, 3.8) is 0 Å². The summed E-state index contributed by atoms with van der Waals surface area (Å²) >= 11 is 0. The van der Waals surface area contributed by atoms with Gasteiger partial charge in [0.2, 0.25) is 0 Å². The Balaban J connectivity index is 1.49. The summed E-state index contributed by atoms with van der Waals surface area (Å²) in [6, 6.07) is 21.5. The Morgan fingerprint density at radius 3 is 2.54 bits per heavy atom. The predicted molar refractivity (Wildman–Crippen MR) is 111 cm³/mol. The van der Waals surface area contributed by atoms with Crippen LogP contribution in [0.2, 0.25) is 0 Å². The van der Waals surface area contributed by atoms with Gasteiger partial charge in [-0.15, -0.1) is 0 Å². The van der Waals surface area contributed by atoms with E-state index in [1.54, 1.807) is 0 Å². The van der Waals surface area contributed by atoms with Crippen LogP contribution in [0.1, 0.15) is 23.1 Å². The summed E-state index contributed by atoms with van der Waals surface area (Å²) in [6.45, 7) is 0.742. The third-order valence-corrected chi connectivity index (χ3v) is 5.30. The van der Waals surface area contributed by atoms with E-state index >= 15 is 0 Å². The fourth-order valence-electron chi connectivity index (χ4n) is 3.87. The molecule has 1 aliphatic rings. The van der Waals surface area contributed by atoms with E-state index in [4.69, 9.17) is 5.73 Å². The summed E-state index contributed by atoms with van der Waals surface area (Å²) < 4.78 is 0. The Kier molecular flexibility index (Phi) is 4.61. The van der Waals surface area contributed by atoms with Gasteiger partial charge in [0.05, 0.1) is 5.69 Å². The van der Waals surface area contributed by atoms with Crippen LogP contribution in [0.15, 0.2) is 65.7 Å². The third kappa shape index (κ3) is 3.17. The van der Waals surface area contributed by atoms with Gasteiger partial charge in [-0.25, -0.2) is 0 Å². The molecule has 0 atom stereocenters. The van der Waals surface area contributed by atoms with E-state index in [2.05, 4.69) is 59.6 Å². The highest BCUT2D eigenvalue weighted by Gasteiger charge is 2.18. The lowest BCUT2D eigenvalue weighted by atomic mass is 10.0. The van der Waals surface area contributed by atoms with Crippen LogP contribution in [0.5, 0.6) is 0 Å². The van der Waals surface area contributed by atoms with Gasteiger partial charge in [-0.05, 0) is 53.8 Å². The molecule has 0 bridgehead atoms. The van der Waals surface area contributed by atoms with Gasteiger partial charge in [-0.3, -0.25) is 4.99 Å². The van der Waals surface area contributed by atoms with Gasteiger partial charge in [-0.2, -0.15) is 0 Å². The minimum Gasteiger partial charge on any atom is -0.370 e. The van der Waals surface area contributed by atoms with Crippen molar-refractivity contribution in [3.8, 4) is 0 Å². The smallest absolute Gasteiger partial charge is 0.195 e. The molecular weight excluding hydrogens is 318 g/mol. The Bertz CT molecular complexity index is 934. The van der Waals surface area contributed by atoms with Crippen molar-refractivity contribution in [2.45, 2.75) is 25.7 Å². The fourth-order valence-corrected chi connectivity index (χ4v) is 3.87. The largest absolute Gasteiger partial charge is 0.370 e. The van der Waals surface area contributed by atoms with Gasteiger partial charge in [0.15, 0.2) is 5.96 Å². The molecule has 0 heterocycles. The van der Waals surface area contributed by atoms with Crippen LogP contribution in [0.4, 0.5) is 5.69 Å². The van der Waals surface area contributed by atoms with Gasteiger partial charge in [0.25, 0.3) is 0 Å². The molecule has 26 heavy (non-hydrogen) atoms. The van der Waals surface area contributed by atoms with Gasteiger partial charge in [0.1, 0.15) is 0 Å². The molecule has 1 aliphatic carbocycles. The monoisotopic (exact) mass is 343 g/mol. The molecule has 0 fully saturated rings. The number of nitrogens with zero attached hydrogens (tertiary/aromatic N) is 2. The Labute approximate surface area is 155 Å². The molecule has 0 unspecified atom stereocenters. The molecule has 0 saturated heterocycles. The first-order chi connectivity index (χ1) is 12.7. The maximum Gasteiger partial charge on any atom is 0.195 e. The summed E-state index contributed by atoms with van der Waals surface area (Å²) in [5, 5.41) is 2.69. The van der Waals surface area contributed by atoms with Crippen molar-refractivity contribution in [1.82, 2.24) is 0 Å². The maximum atomic E-state index is 6.29. The average Bonchev–Trinajstić information content (AvgIpc) is 3.11. The van der Waals surface area contributed by atoms with Crippen molar-refractivity contribution in [1.29, 1.82) is 0 Å². The number of aliphatic imine (C=N–C) groups is 1. The first-order valence-electron chi connectivity index (χ1n) is 9.35. The number of guanidine groups is 1. The minimum absolute atomic E-state index is 0.580. The first-order valence-corrected chi connectivity index (χ1v) is 9.35. The molecule has 4 rings (SSSR count). The lowest BCUT2D eigenvalue weighted by Gasteiger charge is -2.21. The molecule has 0 aromatic heterocycles. The minimum atomic E-state index is 0.580. The first kappa shape index (κ1) is 16.6. The van der Waals surface area contributed by atoms with E-state index in [1.165, 1.54) is 27.5 Å². The van der Waals surface area contributed by atoms with Gasteiger partial charge < -0.3 is 10.6 Å². The van der Waals surface area contributed by atoms with E-state index in [-0.39, 0.29) is 0 Å². The van der Waals surface area contributed by atoms with Crippen molar-refractivity contribution < 1.29 is 0 Å². The number of nitrogens with two attached hydrogens (primary N) is 1. The van der Waals surface area contributed by atoms with Crippen molar-refractivity contribution in [2.75, 3.05) is 18.5 Å². The third-order valence-electron chi connectivity index (χ3n) is 5.30. The molecule has 3 nitrogen and oxygen atoms in total. The Morgan fingerprint density at radius 1 is 0.962 bits per heavy atom. The topological polar surface area (TPSA) is 41.6 Å². The van der Waals surface area contributed by atoms with E-state index in [0.29, 0.717) is 5.96 Å². The molecule has 0 spiro atoms. The van der Waals surface area contributed by atoms with Crippen LogP contribution in [-0.2, 0) is 19.3 Å². The number of benzene rings is 3. The zero-order chi connectivity index (χ0) is 17.9. The fraction of sp³-hybridized carbons (Fsp3) is 0.261. The second-order valence-corrected chi connectivity index (χ2v) is 6.97. The highest BCUT2D eigenvalue weighted by Crippen LogP contribution is 2.36. The molecule has 0 saturated carbocycles. The molecule has 3 heteroatoms. The van der Waals surface area contributed by atoms with Crippen molar-refractivity contribution in [3.05, 3.63) is 77.4 Å². The lowest BCUT2D eigenvalue weighted by Crippen LogP contribution is -2.34. The number of hydrogen-bond acceptors (Lipinski definition) is 1. The lowest BCUT2D eigenvalue weighted by molar-refractivity contribution is 0.829. The Morgan fingerprint density at radius 2 is 1.73 bits per heavy atom. The molecule has 3 aromatic rings. The van der Waals surface area contributed by atoms with Crippen LogP contribution in [0, 0.1) is 0 Å². The molecular formula is C23H25N3. The summed E-state index contributed by atoms with van der Waals surface area (Å²) in [5.41, 5.74) is 11.7. The molecule has 2 N–H and O–H groups in total. The second kappa shape index (κ2) is 7.20. The molecule has 3 aromatic carbocycles. The summed E-state index contributed by atoms with van der Waals surface area (Å²) in [7, 11) is 2.01. The predicted octanol–water partition coefficient (Wildman–Crippen LogP) is 4.32. The molecule has 132 valence electrons. The van der Waals surface area contributed by atoms with Crippen molar-refractivity contribution in [2.24, 2.45) is 10.7 Å². The van der Waals surface area contributed by atoms with Crippen LogP contribution in [0.25, 0.3) is 10.8 Å². The molecule has 0 amide bonds. The second-order valence-electron chi connectivity index (χ2n) is 6.97. The highest BCUT2D eigenvalue weighted by atomic mass is 15.2. The van der Waals surface area contributed by atoms with E-state index in [1.807, 2.05) is 18.0 Å². The van der Waals surface area contributed by atoms with E-state index < -0.39 is 0 Å².